The van der Waals surface area contributed by atoms with Crippen LogP contribution in [0.3, 0.4) is 0 Å². The maximum Gasteiger partial charge on any atom is 0.262 e. The van der Waals surface area contributed by atoms with E-state index in [2.05, 4.69) is 26.6 Å². The third-order valence-electron chi connectivity index (χ3n) is 4.89. The number of aryl methyl sites for hydroxylation is 1. The monoisotopic (exact) mass is 635 g/mol. The van der Waals surface area contributed by atoms with Gasteiger partial charge in [0.2, 0.25) is 5.91 Å². The van der Waals surface area contributed by atoms with E-state index in [4.69, 9.17) is 4.74 Å². The highest BCUT2D eigenvalue weighted by atomic mass is 127. The first-order chi connectivity index (χ1) is 15.2. The Morgan fingerprint density at radius 2 is 2.09 bits per heavy atom. The van der Waals surface area contributed by atoms with Crippen molar-refractivity contribution in [3.8, 4) is 0 Å². The van der Waals surface area contributed by atoms with Crippen molar-refractivity contribution in [3.63, 3.8) is 0 Å². The van der Waals surface area contributed by atoms with E-state index in [1.54, 1.807) is 35.2 Å². The van der Waals surface area contributed by atoms with Crippen molar-refractivity contribution in [3.05, 3.63) is 44.6 Å². The zero-order valence-electron chi connectivity index (χ0n) is 17.3. The van der Waals surface area contributed by atoms with E-state index >= 15 is 0 Å². The highest BCUT2D eigenvalue weighted by molar-refractivity contribution is 14.1. The van der Waals surface area contributed by atoms with E-state index in [0.29, 0.717) is 36.7 Å². The standard InChI is InChI=1S/C21H23BrIN3O5S/c1-13-12-14(2-3-15(13)26-8-11-31-10-6-18(26)28)24-20(30)21(23,7-9-27)25-19(29)16-4-5-17(22)32-16/h2-5,12,27H,6-11H2,1H3,(H,24,30)(H,25,29)/t21-/m1/s1. The van der Waals surface area contributed by atoms with Crippen LogP contribution >= 0.6 is 49.9 Å². The first-order valence-electron chi connectivity index (χ1n) is 9.91. The Kier molecular flexibility index (Phi) is 8.67. The van der Waals surface area contributed by atoms with Crippen LogP contribution in [-0.2, 0) is 14.3 Å². The molecule has 0 unspecified atom stereocenters. The number of alkyl halides is 1. The third kappa shape index (κ3) is 6.07. The van der Waals surface area contributed by atoms with Crippen molar-refractivity contribution in [1.29, 1.82) is 0 Å². The first-order valence-corrected chi connectivity index (χ1v) is 12.6. The number of anilines is 2. The average molecular weight is 636 g/mol. The number of thiophene rings is 1. The molecule has 1 aliphatic rings. The maximum atomic E-state index is 13.1. The van der Waals surface area contributed by atoms with E-state index in [0.717, 1.165) is 15.0 Å². The predicted molar refractivity (Wildman–Crippen MR) is 136 cm³/mol. The number of aliphatic hydroxyl groups excluding tert-OH is 1. The van der Waals surface area contributed by atoms with Crippen molar-refractivity contribution in [2.75, 3.05) is 36.6 Å². The van der Waals surface area contributed by atoms with Gasteiger partial charge in [0.1, 0.15) is 0 Å². The van der Waals surface area contributed by atoms with E-state index < -0.39 is 15.4 Å². The molecule has 1 atom stereocenters. The molecule has 0 aliphatic carbocycles. The van der Waals surface area contributed by atoms with Gasteiger partial charge in [-0.15, -0.1) is 11.3 Å². The van der Waals surface area contributed by atoms with E-state index in [-0.39, 0.29) is 18.9 Å². The van der Waals surface area contributed by atoms with Crippen LogP contribution in [0.25, 0.3) is 0 Å². The molecule has 3 N–H and O–H groups in total. The van der Waals surface area contributed by atoms with E-state index in [1.165, 1.54) is 11.3 Å². The van der Waals surface area contributed by atoms with Crippen molar-refractivity contribution in [2.45, 2.75) is 23.3 Å². The number of aliphatic hydroxyl groups is 1. The zero-order valence-corrected chi connectivity index (χ0v) is 21.9. The largest absolute Gasteiger partial charge is 0.396 e. The quantitative estimate of drug-likeness (QED) is 0.245. The van der Waals surface area contributed by atoms with E-state index in [1.807, 2.05) is 29.5 Å². The van der Waals surface area contributed by atoms with Gasteiger partial charge in [0.25, 0.3) is 11.8 Å². The van der Waals surface area contributed by atoms with Gasteiger partial charge >= 0.3 is 0 Å². The lowest BCUT2D eigenvalue weighted by Crippen LogP contribution is -2.52. The molecular weight excluding hydrogens is 613 g/mol. The summed E-state index contributed by atoms with van der Waals surface area (Å²) >= 11 is 6.43. The summed E-state index contributed by atoms with van der Waals surface area (Å²) in [5, 5.41) is 15.0. The Bertz CT molecular complexity index is 1020. The van der Waals surface area contributed by atoms with Crippen LogP contribution in [0.1, 0.15) is 28.1 Å². The summed E-state index contributed by atoms with van der Waals surface area (Å²) in [6.45, 7) is 2.96. The molecule has 1 saturated heterocycles. The lowest BCUT2D eigenvalue weighted by atomic mass is 10.1. The van der Waals surface area contributed by atoms with Gasteiger partial charge in [-0.25, -0.2) is 0 Å². The van der Waals surface area contributed by atoms with Crippen LogP contribution in [0.2, 0.25) is 0 Å². The first kappa shape index (κ1) is 25.1. The fourth-order valence-corrected chi connectivity index (χ4v) is 5.17. The summed E-state index contributed by atoms with van der Waals surface area (Å²) in [6.07, 6.45) is 0.369. The van der Waals surface area contributed by atoms with Crippen LogP contribution in [0.5, 0.6) is 0 Å². The summed E-state index contributed by atoms with van der Waals surface area (Å²) < 4.78 is 4.84. The molecule has 32 heavy (non-hydrogen) atoms. The molecule has 8 nitrogen and oxygen atoms in total. The molecule has 0 radical (unpaired) electrons. The Balaban J connectivity index is 1.75. The predicted octanol–water partition coefficient (Wildman–Crippen LogP) is 3.45. The Morgan fingerprint density at radius 1 is 1.31 bits per heavy atom. The molecule has 1 aromatic carbocycles. The fraction of sp³-hybridized carbons (Fsp3) is 0.381. The second kappa shape index (κ2) is 11.1. The van der Waals surface area contributed by atoms with Gasteiger partial charge in [-0.2, -0.15) is 0 Å². The van der Waals surface area contributed by atoms with Crippen LogP contribution < -0.4 is 15.5 Å². The lowest BCUT2D eigenvalue weighted by molar-refractivity contribution is -0.119. The zero-order chi connectivity index (χ0) is 23.3. The van der Waals surface area contributed by atoms with Crippen molar-refractivity contribution in [2.24, 2.45) is 0 Å². The molecule has 2 aromatic rings. The van der Waals surface area contributed by atoms with Crippen molar-refractivity contribution >= 4 is 79.0 Å². The fourth-order valence-electron chi connectivity index (χ4n) is 3.26. The van der Waals surface area contributed by atoms with Gasteiger partial charge in [-0.05, 0) is 81.3 Å². The third-order valence-corrected chi connectivity index (χ3v) is 7.81. The number of amides is 3. The number of hydrogen-bond donors (Lipinski definition) is 3. The summed E-state index contributed by atoms with van der Waals surface area (Å²) in [5.41, 5.74) is 2.12. The van der Waals surface area contributed by atoms with Gasteiger partial charge in [-0.1, -0.05) is 0 Å². The topological polar surface area (TPSA) is 108 Å². The summed E-state index contributed by atoms with van der Waals surface area (Å²) in [5.74, 6) is -0.853. The molecule has 0 spiro atoms. The second-order valence-corrected chi connectivity index (χ2v) is 11.5. The number of nitrogens with one attached hydrogen (secondary N) is 2. The molecule has 3 amide bonds. The number of hydrogen-bond acceptors (Lipinski definition) is 6. The number of carbonyl (C=O) groups excluding carboxylic acids is 3. The Morgan fingerprint density at radius 3 is 2.75 bits per heavy atom. The minimum Gasteiger partial charge on any atom is -0.396 e. The molecule has 2 heterocycles. The number of carbonyl (C=O) groups is 3. The summed E-state index contributed by atoms with van der Waals surface area (Å²) in [4.78, 5) is 40.2. The molecule has 1 aromatic heterocycles. The molecule has 0 saturated carbocycles. The molecule has 172 valence electrons. The molecule has 11 heteroatoms. The number of halogens is 2. The van der Waals surface area contributed by atoms with Gasteiger partial charge < -0.3 is 25.4 Å². The highest BCUT2D eigenvalue weighted by Crippen LogP contribution is 2.29. The molecule has 3 rings (SSSR count). The van der Waals surface area contributed by atoms with Crippen LogP contribution in [0.4, 0.5) is 11.4 Å². The number of nitrogens with zero attached hydrogens (tertiary/aromatic N) is 1. The summed E-state index contributed by atoms with van der Waals surface area (Å²) in [7, 11) is 0. The van der Waals surface area contributed by atoms with Gasteiger partial charge in [-0.3, -0.25) is 14.4 Å². The van der Waals surface area contributed by atoms with Gasteiger partial charge in [0.15, 0.2) is 3.55 Å². The second-order valence-electron chi connectivity index (χ2n) is 7.20. The minimum atomic E-state index is -1.34. The average Bonchev–Trinajstić information content (AvgIpc) is 3.07. The van der Waals surface area contributed by atoms with Gasteiger partial charge in [0.05, 0.1) is 28.3 Å². The molecule has 1 aliphatic heterocycles. The minimum absolute atomic E-state index is 0.000429. The Labute approximate surface area is 212 Å². The van der Waals surface area contributed by atoms with Crippen LogP contribution in [-0.4, -0.2) is 52.7 Å². The van der Waals surface area contributed by atoms with Crippen LogP contribution in [0.15, 0.2) is 34.1 Å². The molecule has 1 fully saturated rings. The number of ether oxygens (including phenoxy) is 1. The molecule has 0 bridgehead atoms. The van der Waals surface area contributed by atoms with Gasteiger partial charge in [0, 0.05) is 30.9 Å². The number of rotatable bonds is 7. The smallest absolute Gasteiger partial charge is 0.262 e. The SMILES string of the molecule is Cc1cc(NC(=O)[C@@](I)(CCO)NC(=O)c2ccc(Br)s2)ccc1N1CCOCCC1=O. The van der Waals surface area contributed by atoms with E-state index in [9.17, 15) is 19.5 Å². The normalized spacial score (nSPS) is 16.2. The maximum absolute atomic E-state index is 13.1. The van der Waals surface area contributed by atoms with Crippen molar-refractivity contribution < 1.29 is 24.2 Å². The summed E-state index contributed by atoms with van der Waals surface area (Å²) in [6, 6.07) is 8.70. The lowest BCUT2D eigenvalue weighted by Gasteiger charge is -2.27. The number of benzene rings is 1. The Hall–Kier alpha value is -1.54. The molecular formula is C21H23BrIN3O5S. The highest BCUT2D eigenvalue weighted by Gasteiger charge is 2.37. The van der Waals surface area contributed by atoms with Crippen molar-refractivity contribution in [1.82, 2.24) is 5.32 Å². The van der Waals surface area contributed by atoms with Crippen LogP contribution in [0, 0.1) is 6.92 Å².